The van der Waals surface area contributed by atoms with Gasteiger partial charge in [0.15, 0.2) is 0 Å². The molecule has 2 heterocycles. The lowest BCUT2D eigenvalue weighted by Crippen LogP contribution is -2.64. The van der Waals surface area contributed by atoms with Crippen LogP contribution in [0.5, 0.6) is 11.5 Å². The highest BCUT2D eigenvalue weighted by molar-refractivity contribution is 6.23. The minimum Gasteiger partial charge on any atom is -0.491 e. The van der Waals surface area contributed by atoms with E-state index in [9.17, 15) is 19.4 Å². The van der Waals surface area contributed by atoms with Gasteiger partial charge in [-0.25, -0.2) is 18.5 Å². The SMILES string of the molecule is C=Cc1cccc(NC(O)N(c2cccc(F)c2)[C@]2(CO)CCN(Cc3cc(CCc4cccc(N5C(=O)N(C/C=C(F)\C=C/C)[C@](CC/C=C\Cc6cccc(OC(C)C)c6)(CC(C)C)C5=O)c4)cc(OC(C)C)c3)[C@@H](C)C2)c1. The van der Waals surface area contributed by atoms with Crippen LogP contribution in [-0.2, 0) is 30.6 Å². The van der Waals surface area contributed by atoms with Crippen LogP contribution in [0.2, 0.25) is 0 Å². The molecule has 0 aliphatic carbocycles. The summed E-state index contributed by atoms with van der Waals surface area (Å²) >= 11 is 0. The summed E-state index contributed by atoms with van der Waals surface area (Å²) in [4.78, 5) is 36.8. The van der Waals surface area contributed by atoms with E-state index < -0.39 is 35.1 Å². The highest BCUT2D eigenvalue weighted by Gasteiger charge is 2.57. The first-order valence-electron chi connectivity index (χ1n) is 28.4. The number of allylic oxidation sites excluding steroid dienone is 5. The molecule has 5 aromatic rings. The van der Waals surface area contributed by atoms with Crippen LogP contribution in [0.25, 0.3) is 6.08 Å². The number of urea groups is 1. The second-order valence-electron chi connectivity index (χ2n) is 22.5. The van der Waals surface area contributed by atoms with Crippen molar-refractivity contribution in [1.29, 1.82) is 0 Å². The van der Waals surface area contributed by atoms with Gasteiger partial charge in [0, 0.05) is 37.1 Å². The standard InChI is InChI=1S/C67H83F2N5O6/c1-10-19-56(68)31-34-72-65(78)73(63(76)67(72,43-47(3)4)32-14-12-13-20-52-23-17-28-61(39-52)79-48(5)6)59-26-16-22-53(38-59)29-30-54-36-55(41-62(40-54)80-49(7)8)45-71-35-33-66(46-75,44-50(71)9)74(60-27-18-24-57(69)42-60)64(77)70-58-25-15-21-51(11-2)37-58/h10-13,15-19,21-28,31,36-42,47-50,64,70,75,77H,2,14,20,29-30,32-35,43-46H2,1,3-9H3/b13-12-,19-10-,56-31+/t50-,64?,66+,67+/m0/s1. The molecule has 80 heavy (non-hydrogen) atoms. The third-order valence-electron chi connectivity index (χ3n) is 15.0. The summed E-state index contributed by atoms with van der Waals surface area (Å²) in [6, 6.07) is 35.0. The van der Waals surface area contributed by atoms with Crippen molar-refractivity contribution in [2.75, 3.05) is 34.8 Å². The number of piperidine rings is 1. The molecule has 1 unspecified atom stereocenters. The van der Waals surface area contributed by atoms with Crippen LogP contribution in [0.1, 0.15) is 115 Å². The number of carbonyl (C=O) groups is 2. The summed E-state index contributed by atoms with van der Waals surface area (Å²) in [5, 5.41) is 26.4. The van der Waals surface area contributed by atoms with Gasteiger partial charge in [-0.3, -0.25) is 9.69 Å². The first-order valence-corrected chi connectivity index (χ1v) is 28.4. The van der Waals surface area contributed by atoms with Crippen molar-refractivity contribution in [3.05, 3.63) is 192 Å². The Morgan fingerprint density at radius 2 is 1.55 bits per heavy atom. The van der Waals surface area contributed by atoms with Crippen molar-refractivity contribution in [3.63, 3.8) is 0 Å². The molecule has 4 atom stereocenters. The fourth-order valence-corrected chi connectivity index (χ4v) is 11.5. The molecule has 5 aromatic carbocycles. The molecule has 0 saturated carbocycles. The van der Waals surface area contributed by atoms with Gasteiger partial charge >= 0.3 is 6.03 Å². The monoisotopic (exact) mass is 1090 g/mol. The summed E-state index contributed by atoms with van der Waals surface area (Å²) in [7, 11) is 0. The van der Waals surface area contributed by atoms with E-state index in [0.717, 1.165) is 39.3 Å². The summed E-state index contributed by atoms with van der Waals surface area (Å²) in [6.45, 7) is 20.6. The van der Waals surface area contributed by atoms with Crippen molar-refractivity contribution < 1.29 is 38.1 Å². The minimum atomic E-state index is -1.30. The maximum atomic E-state index is 15.1. The fourth-order valence-electron chi connectivity index (χ4n) is 11.5. The Morgan fingerprint density at radius 1 is 0.850 bits per heavy atom. The Morgan fingerprint density at radius 3 is 2.26 bits per heavy atom. The third-order valence-corrected chi connectivity index (χ3v) is 15.0. The maximum absolute atomic E-state index is 15.1. The van der Waals surface area contributed by atoms with E-state index in [2.05, 4.69) is 60.1 Å². The smallest absolute Gasteiger partial charge is 0.332 e. The lowest BCUT2D eigenvalue weighted by Gasteiger charge is -2.53. The molecule has 0 spiro atoms. The number of aliphatic hydroxyl groups is 2. The zero-order valence-electron chi connectivity index (χ0n) is 48.1. The number of nitrogens with zero attached hydrogens (tertiary/aromatic N) is 4. The van der Waals surface area contributed by atoms with Crippen molar-refractivity contribution in [1.82, 2.24) is 9.80 Å². The molecule has 426 valence electrons. The molecule has 0 bridgehead atoms. The summed E-state index contributed by atoms with van der Waals surface area (Å²) < 4.78 is 42.2. The van der Waals surface area contributed by atoms with Crippen LogP contribution < -0.4 is 24.6 Å². The van der Waals surface area contributed by atoms with E-state index in [1.807, 2.05) is 102 Å². The first-order chi connectivity index (χ1) is 38.3. The number of anilines is 3. The average Bonchev–Trinajstić information content (AvgIpc) is 3.60. The maximum Gasteiger partial charge on any atom is 0.332 e. The molecule has 0 radical (unpaired) electrons. The average molecular weight is 1090 g/mol. The molecular weight excluding hydrogens is 1010 g/mol. The quantitative estimate of drug-likeness (QED) is 0.0204. The van der Waals surface area contributed by atoms with Crippen molar-refractivity contribution in [2.24, 2.45) is 5.92 Å². The largest absolute Gasteiger partial charge is 0.491 e. The van der Waals surface area contributed by atoms with E-state index in [4.69, 9.17) is 9.47 Å². The van der Waals surface area contributed by atoms with Gasteiger partial charge in [-0.15, -0.1) is 0 Å². The van der Waals surface area contributed by atoms with Crippen molar-refractivity contribution in [2.45, 2.75) is 149 Å². The minimum absolute atomic E-state index is 0.0517. The normalized spacial score (nSPS) is 19.5. The van der Waals surface area contributed by atoms with E-state index in [-0.39, 0.29) is 43.2 Å². The van der Waals surface area contributed by atoms with Gasteiger partial charge in [-0.05, 0) is 206 Å². The Balaban J connectivity index is 1.09. The molecule has 3 amide bonds. The number of aliphatic hydroxyl groups excluding tert-OH is 2. The van der Waals surface area contributed by atoms with Gasteiger partial charge in [-0.2, -0.15) is 0 Å². The number of amides is 3. The van der Waals surface area contributed by atoms with Crippen molar-refractivity contribution in [3.8, 4) is 11.5 Å². The second-order valence-corrected chi connectivity index (χ2v) is 22.5. The number of rotatable bonds is 27. The predicted octanol–water partition coefficient (Wildman–Crippen LogP) is 14.0. The Hall–Kier alpha value is -7.06. The first kappa shape index (κ1) is 60.6. The predicted molar refractivity (Wildman–Crippen MR) is 320 cm³/mol. The lowest BCUT2D eigenvalue weighted by molar-refractivity contribution is -0.126. The summed E-state index contributed by atoms with van der Waals surface area (Å²) in [5.74, 6) is 0.381. The molecule has 2 saturated heterocycles. The van der Waals surface area contributed by atoms with E-state index in [0.29, 0.717) is 81.5 Å². The van der Waals surface area contributed by atoms with Crippen LogP contribution in [0.15, 0.2) is 158 Å². The van der Waals surface area contributed by atoms with Gasteiger partial charge in [-0.1, -0.05) is 93.3 Å². The number of benzene rings is 5. The number of imide groups is 1. The van der Waals surface area contributed by atoms with Gasteiger partial charge in [0.2, 0.25) is 6.35 Å². The van der Waals surface area contributed by atoms with Crippen LogP contribution in [0, 0.1) is 11.7 Å². The molecule has 0 aromatic heterocycles. The lowest BCUT2D eigenvalue weighted by atomic mass is 9.81. The molecule has 11 nitrogen and oxygen atoms in total. The van der Waals surface area contributed by atoms with Crippen LogP contribution >= 0.6 is 0 Å². The summed E-state index contributed by atoms with van der Waals surface area (Å²) in [6.07, 6.45) is 13.1. The Kier molecular flexibility index (Phi) is 21.1. The van der Waals surface area contributed by atoms with Gasteiger partial charge in [0.1, 0.15) is 28.7 Å². The molecule has 2 fully saturated rings. The number of hydrogen-bond donors (Lipinski definition) is 3. The Labute approximate surface area is 473 Å². The summed E-state index contributed by atoms with van der Waals surface area (Å²) in [5.41, 5.74) is 4.44. The number of ether oxygens (including phenoxy) is 2. The number of likely N-dealkylation sites (tertiary alicyclic amines) is 1. The molecular formula is C67H83F2N5O6. The van der Waals surface area contributed by atoms with E-state index >= 15 is 9.18 Å². The number of carbonyl (C=O) groups excluding carboxylic acids is 2. The third kappa shape index (κ3) is 15.4. The highest BCUT2D eigenvalue weighted by Crippen LogP contribution is 2.42. The number of halogens is 2. The van der Waals surface area contributed by atoms with Crippen LogP contribution in [-0.4, -0.2) is 87.3 Å². The second kappa shape index (κ2) is 27.9. The van der Waals surface area contributed by atoms with Gasteiger partial charge in [0.05, 0.1) is 30.0 Å². The fraction of sp³-hybridized carbons (Fsp3) is 0.403. The number of hydrogen-bond acceptors (Lipinski definition) is 9. The van der Waals surface area contributed by atoms with Crippen LogP contribution in [0.3, 0.4) is 0 Å². The van der Waals surface area contributed by atoms with E-state index in [1.54, 1.807) is 47.1 Å². The Bertz CT molecular complexity index is 2990. The molecule has 3 N–H and O–H groups in total. The van der Waals surface area contributed by atoms with Crippen molar-refractivity contribution >= 4 is 35.1 Å². The molecule has 7 rings (SSSR count). The topological polar surface area (TPSA) is 118 Å². The molecule has 2 aliphatic rings. The number of nitrogens with one attached hydrogen (secondary N) is 1. The van der Waals surface area contributed by atoms with Crippen LogP contribution in [0.4, 0.5) is 30.6 Å². The molecule has 13 heteroatoms. The number of aryl methyl sites for hydroxylation is 2. The highest BCUT2D eigenvalue weighted by atomic mass is 19.1. The molecule has 2 aliphatic heterocycles. The zero-order chi connectivity index (χ0) is 57.6. The van der Waals surface area contributed by atoms with Gasteiger partial charge < -0.3 is 34.8 Å². The van der Waals surface area contributed by atoms with Gasteiger partial charge in [0.25, 0.3) is 5.91 Å². The van der Waals surface area contributed by atoms with E-state index in [1.165, 1.54) is 29.2 Å². The zero-order valence-corrected chi connectivity index (χ0v) is 48.1.